The second-order valence-corrected chi connectivity index (χ2v) is 5.06. The van der Waals surface area contributed by atoms with Gasteiger partial charge in [-0.2, -0.15) is 0 Å². The van der Waals surface area contributed by atoms with Crippen LogP contribution in [0.1, 0.15) is 35.5 Å². The van der Waals surface area contributed by atoms with E-state index in [-0.39, 0.29) is 5.76 Å². The molecule has 20 heavy (non-hydrogen) atoms. The lowest BCUT2D eigenvalue weighted by atomic mass is 10.4. The third-order valence-electron chi connectivity index (χ3n) is 2.64. The van der Waals surface area contributed by atoms with Gasteiger partial charge >= 0.3 is 5.97 Å². The topological polar surface area (TPSA) is 107 Å². The predicted octanol–water partition coefficient (Wildman–Crippen LogP) is 1.73. The van der Waals surface area contributed by atoms with Crippen molar-refractivity contribution in [3.05, 3.63) is 29.5 Å². The van der Waals surface area contributed by atoms with Crippen LogP contribution in [0.2, 0.25) is 0 Å². The van der Waals surface area contributed by atoms with Crippen molar-refractivity contribution >= 4 is 17.7 Å². The molecule has 8 heteroatoms. The van der Waals surface area contributed by atoms with Crippen LogP contribution in [0.5, 0.6) is 0 Å². The van der Waals surface area contributed by atoms with E-state index in [4.69, 9.17) is 15.3 Å². The molecule has 2 aromatic heterocycles. The number of nitrogens with two attached hydrogens (primary N) is 1. The lowest BCUT2D eigenvalue weighted by Crippen LogP contribution is -2.09. The van der Waals surface area contributed by atoms with E-state index < -0.39 is 5.97 Å². The van der Waals surface area contributed by atoms with Gasteiger partial charge in [0, 0.05) is 6.54 Å². The minimum atomic E-state index is -1.07. The molecule has 0 unspecified atom stereocenters. The quantitative estimate of drug-likeness (QED) is 0.749. The summed E-state index contributed by atoms with van der Waals surface area (Å²) in [4.78, 5) is 10.7. The fraction of sp³-hybridized carbons (Fsp3) is 0.417. The molecule has 2 rings (SSSR count). The molecular formula is C12H16N4O3S. The maximum atomic E-state index is 10.7. The van der Waals surface area contributed by atoms with Gasteiger partial charge in [0.25, 0.3) is 0 Å². The van der Waals surface area contributed by atoms with Crippen LogP contribution in [0.15, 0.2) is 21.7 Å². The average molecular weight is 296 g/mol. The van der Waals surface area contributed by atoms with Crippen LogP contribution in [0.4, 0.5) is 0 Å². The van der Waals surface area contributed by atoms with E-state index in [1.54, 1.807) is 6.07 Å². The monoisotopic (exact) mass is 296 g/mol. The molecule has 0 saturated carbocycles. The SMILES string of the molecule is CCCn1c(CN)nnc1SCc1ccc(C(=O)O)o1. The number of rotatable bonds is 7. The summed E-state index contributed by atoms with van der Waals surface area (Å²) in [5, 5.41) is 17.7. The number of carbonyl (C=O) groups is 1. The lowest BCUT2D eigenvalue weighted by molar-refractivity contribution is 0.0661. The van der Waals surface area contributed by atoms with Gasteiger partial charge in [-0.3, -0.25) is 0 Å². The van der Waals surface area contributed by atoms with Crippen molar-refractivity contribution in [3.63, 3.8) is 0 Å². The molecule has 0 fully saturated rings. The molecule has 0 bridgehead atoms. The Morgan fingerprint density at radius 2 is 2.30 bits per heavy atom. The third kappa shape index (κ3) is 3.20. The van der Waals surface area contributed by atoms with Gasteiger partial charge < -0.3 is 19.8 Å². The van der Waals surface area contributed by atoms with Gasteiger partial charge in [-0.05, 0) is 18.6 Å². The minimum absolute atomic E-state index is 0.0572. The summed E-state index contributed by atoms with van der Waals surface area (Å²) >= 11 is 1.45. The van der Waals surface area contributed by atoms with Gasteiger partial charge in [-0.15, -0.1) is 10.2 Å². The van der Waals surface area contributed by atoms with Gasteiger partial charge in [0.2, 0.25) is 5.76 Å². The normalized spacial score (nSPS) is 10.9. The molecule has 0 saturated heterocycles. The van der Waals surface area contributed by atoms with Crippen LogP contribution in [-0.2, 0) is 18.8 Å². The zero-order chi connectivity index (χ0) is 14.5. The van der Waals surface area contributed by atoms with Gasteiger partial charge in [0.05, 0.1) is 12.3 Å². The number of thioether (sulfide) groups is 1. The van der Waals surface area contributed by atoms with Crippen molar-refractivity contribution < 1.29 is 14.3 Å². The molecule has 0 radical (unpaired) electrons. The van der Waals surface area contributed by atoms with E-state index in [2.05, 4.69) is 17.1 Å². The van der Waals surface area contributed by atoms with Crippen molar-refractivity contribution in [1.29, 1.82) is 0 Å². The Kier molecular flexibility index (Phi) is 4.80. The second-order valence-electron chi connectivity index (χ2n) is 4.11. The number of nitrogens with zero attached hydrogens (tertiary/aromatic N) is 3. The summed E-state index contributed by atoms with van der Waals surface area (Å²) in [5.41, 5.74) is 5.62. The number of carboxylic acid groups (broad SMARTS) is 1. The highest BCUT2D eigenvalue weighted by atomic mass is 32.2. The molecule has 3 N–H and O–H groups in total. The van der Waals surface area contributed by atoms with Crippen molar-refractivity contribution in [1.82, 2.24) is 14.8 Å². The second kappa shape index (κ2) is 6.58. The van der Waals surface area contributed by atoms with Crippen LogP contribution >= 0.6 is 11.8 Å². The first-order valence-corrected chi connectivity index (χ1v) is 7.21. The molecule has 2 heterocycles. The summed E-state index contributed by atoms with van der Waals surface area (Å²) < 4.78 is 7.18. The molecule has 0 atom stereocenters. The third-order valence-corrected chi connectivity index (χ3v) is 3.63. The van der Waals surface area contributed by atoms with E-state index in [1.165, 1.54) is 17.8 Å². The van der Waals surface area contributed by atoms with E-state index >= 15 is 0 Å². The van der Waals surface area contributed by atoms with Crippen LogP contribution in [-0.4, -0.2) is 25.8 Å². The number of aromatic nitrogens is 3. The van der Waals surface area contributed by atoms with E-state index in [0.717, 1.165) is 23.9 Å². The van der Waals surface area contributed by atoms with Crippen molar-refractivity contribution in [2.75, 3.05) is 0 Å². The van der Waals surface area contributed by atoms with Crippen LogP contribution in [0, 0.1) is 0 Å². The highest BCUT2D eigenvalue weighted by Gasteiger charge is 2.13. The molecule has 0 aliphatic rings. The maximum absolute atomic E-state index is 10.7. The first-order chi connectivity index (χ1) is 9.65. The molecule has 0 aliphatic carbocycles. The van der Waals surface area contributed by atoms with E-state index in [9.17, 15) is 4.79 Å². The number of aromatic carboxylic acids is 1. The molecule has 0 aliphatic heterocycles. The summed E-state index contributed by atoms with van der Waals surface area (Å²) in [6, 6.07) is 3.10. The molecule has 0 spiro atoms. The van der Waals surface area contributed by atoms with Crippen LogP contribution in [0.25, 0.3) is 0 Å². The van der Waals surface area contributed by atoms with Crippen LogP contribution < -0.4 is 5.73 Å². The number of furan rings is 1. The Labute approximate surface area is 120 Å². The van der Waals surface area contributed by atoms with Crippen molar-refractivity contribution in [3.8, 4) is 0 Å². The predicted molar refractivity (Wildman–Crippen MR) is 73.4 cm³/mol. The largest absolute Gasteiger partial charge is 0.475 e. The van der Waals surface area contributed by atoms with Crippen LogP contribution in [0.3, 0.4) is 0 Å². The first kappa shape index (κ1) is 14.6. The first-order valence-electron chi connectivity index (χ1n) is 6.22. The molecular weight excluding hydrogens is 280 g/mol. The van der Waals surface area contributed by atoms with E-state index in [0.29, 0.717) is 18.1 Å². The van der Waals surface area contributed by atoms with E-state index in [1.807, 2.05) is 4.57 Å². The lowest BCUT2D eigenvalue weighted by Gasteiger charge is -2.06. The Bertz CT molecular complexity index is 593. The molecule has 0 amide bonds. The molecule has 0 aromatic carbocycles. The maximum Gasteiger partial charge on any atom is 0.371 e. The van der Waals surface area contributed by atoms with Crippen molar-refractivity contribution in [2.24, 2.45) is 5.73 Å². The summed E-state index contributed by atoms with van der Waals surface area (Å²) in [7, 11) is 0. The zero-order valence-corrected chi connectivity index (χ0v) is 11.9. The summed E-state index contributed by atoms with van der Waals surface area (Å²) in [6.07, 6.45) is 0.961. The number of hydrogen-bond acceptors (Lipinski definition) is 6. The molecule has 108 valence electrons. The minimum Gasteiger partial charge on any atom is -0.475 e. The summed E-state index contributed by atoms with van der Waals surface area (Å²) in [5.74, 6) is 0.714. The fourth-order valence-electron chi connectivity index (χ4n) is 1.73. The Hall–Kier alpha value is -1.80. The number of carboxylic acids is 1. The van der Waals surface area contributed by atoms with Gasteiger partial charge in [0.1, 0.15) is 11.6 Å². The standard InChI is InChI=1S/C12H16N4O3S/c1-2-5-16-10(6-13)14-15-12(16)20-7-8-3-4-9(19-8)11(17)18/h3-4H,2,5-7,13H2,1H3,(H,17,18). The van der Waals surface area contributed by atoms with Gasteiger partial charge in [0.15, 0.2) is 5.16 Å². The van der Waals surface area contributed by atoms with Gasteiger partial charge in [-0.1, -0.05) is 18.7 Å². The molecule has 2 aromatic rings. The van der Waals surface area contributed by atoms with Gasteiger partial charge in [-0.25, -0.2) is 4.79 Å². The molecule has 7 nitrogen and oxygen atoms in total. The Morgan fingerprint density at radius 1 is 1.50 bits per heavy atom. The average Bonchev–Trinajstić information content (AvgIpc) is 3.03. The van der Waals surface area contributed by atoms with Crippen molar-refractivity contribution in [2.45, 2.75) is 37.3 Å². The highest BCUT2D eigenvalue weighted by molar-refractivity contribution is 7.98. The highest BCUT2D eigenvalue weighted by Crippen LogP contribution is 2.23. The fourth-order valence-corrected chi connectivity index (χ4v) is 2.61. The smallest absolute Gasteiger partial charge is 0.371 e. The number of hydrogen-bond donors (Lipinski definition) is 2. The zero-order valence-electron chi connectivity index (χ0n) is 11.1. The Balaban J connectivity index is 2.06. The summed E-state index contributed by atoms with van der Waals surface area (Å²) in [6.45, 7) is 3.22. The Morgan fingerprint density at radius 3 is 2.90 bits per heavy atom.